The molecule has 0 spiro atoms. The van der Waals surface area contributed by atoms with Crippen molar-refractivity contribution in [1.29, 1.82) is 0 Å². The van der Waals surface area contributed by atoms with E-state index in [1.165, 1.54) is 16.2 Å². The largest absolute Gasteiger partial charge is 0.459 e. The van der Waals surface area contributed by atoms with E-state index in [-0.39, 0.29) is 18.0 Å². The summed E-state index contributed by atoms with van der Waals surface area (Å²) in [5.41, 5.74) is -0.0464. The van der Waals surface area contributed by atoms with Crippen LogP contribution in [0.15, 0.2) is 4.79 Å². The Morgan fingerprint density at radius 3 is 2.53 bits per heavy atom. The quantitative estimate of drug-likeness (QED) is 0.614. The van der Waals surface area contributed by atoms with Gasteiger partial charge in [0.1, 0.15) is 22.8 Å². The molecule has 2 aromatic heterocycles. The Balaban J connectivity index is 1.97. The predicted molar refractivity (Wildman–Crippen MR) is 126 cm³/mol. The molecule has 176 valence electrons. The summed E-state index contributed by atoms with van der Waals surface area (Å²) in [6.07, 6.45) is 3.84. The Morgan fingerprint density at radius 1 is 1.16 bits per heavy atom. The fourth-order valence-electron chi connectivity index (χ4n) is 3.86. The lowest BCUT2D eigenvalue weighted by Gasteiger charge is -2.26. The molecule has 1 aliphatic heterocycles. The van der Waals surface area contributed by atoms with Crippen LogP contribution in [0.1, 0.15) is 61.1 Å². The number of amides is 1. The van der Waals surface area contributed by atoms with E-state index < -0.39 is 11.6 Å². The fourth-order valence-corrected chi connectivity index (χ4v) is 5.02. The number of likely N-dealkylation sites (N-methyl/N-ethyl adjacent to an activating group) is 1. The number of carbonyl (C=O) groups excluding carboxylic acids is 2. The topological polar surface area (TPSA) is 84.7 Å². The molecule has 1 amide bonds. The first-order valence-corrected chi connectivity index (χ1v) is 12.0. The van der Waals surface area contributed by atoms with Crippen LogP contribution < -0.4 is 5.56 Å². The Labute approximate surface area is 193 Å². The first kappa shape index (κ1) is 24.4. The third kappa shape index (κ3) is 5.56. The van der Waals surface area contributed by atoms with E-state index in [0.717, 1.165) is 31.5 Å². The van der Waals surface area contributed by atoms with Gasteiger partial charge < -0.3 is 14.5 Å². The van der Waals surface area contributed by atoms with Crippen molar-refractivity contribution < 1.29 is 14.3 Å². The molecular weight excluding hydrogens is 428 g/mol. The zero-order valence-corrected chi connectivity index (χ0v) is 20.8. The van der Waals surface area contributed by atoms with Gasteiger partial charge >= 0.3 is 5.97 Å². The van der Waals surface area contributed by atoms with E-state index in [9.17, 15) is 14.4 Å². The summed E-state index contributed by atoms with van der Waals surface area (Å²) in [6, 6.07) is 0. The van der Waals surface area contributed by atoms with E-state index in [1.807, 2.05) is 19.0 Å². The van der Waals surface area contributed by atoms with Crippen molar-refractivity contribution in [3.8, 4) is 0 Å². The van der Waals surface area contributed by atoms with Crippen LogP contribution in [0.4, 0.5) is 0 Å². The first-order chi connectivity index (χ1) is 15.0. The van der Waals surface area contributed by atoms with Crippen molar-refractivity contribution >= 4 is 33.4 Å². The smallest absolute Gasteiger partial charge is 0.326 e. The van der Waals surface area contributed by atoms with E-state index >= 15 is 0 Å². The van der Waals surface area contributed by atoms with Crippen LogP contribution in [-0.2, 0) is 22.5 Å². The zero-order chi connectivity index (χ0) is 23.6. The van der Waals surface area contributed by atoms with Crippen LogP contribution >= 0.6 is 11.3 Å². The van der Waals surface area contributed by atoms with Gasteiger partial charge in [0.15, 0.2) is 0 Å². The van der Waals surface area contributed by atoms with E-state index in [4.69, 9.17) is 9.72 Å². The van der Waals surface area contributed by atoms with Crippen LogP contribution in [0.3, 0.4) is 0 Å². The minimum Gasteiger partial charge on any atom is -0.459 e. The minimum atomic E-state index is -0.628. The van der Waals surface area contributed by atoms with Gasteiger partial charge in [-0.2, -0.15) is 0 Å². The van der Waals surface area contributed by atoms with E-state index in [2.05, 4.69) is 0 Å². The molecule has 8 nitrogen and oxygen atoms in total. The van der Waals surface area contributed by atoms with Gasteiger partial charge in [-0.15, -0.1) is 11.3 Å². The van der Waals surface area contributed by atoms with Crippen LogP contribution in [0.2, 0.25) is 0 Å². The van der Waals surface area contributed by atoms with Crippen molar-refractivity contribution in [2.24, 2.45) is 0 Å². The molecule has 0 N–H and O–H groups in total. The van der Waals surface area contributed by atoms with Crippen LogP contribution in [0, 0.1) is 6.92 Å². The average Bonchev–Trinajstić information content (AvgIpc) is 2.85. The first-order valence-electron chi connectivity index (χ1n) is 11.2. The second-order valence-corrected chi connectivity index (χ2v) is 10.6. The molecular formula is C23H34N4O4S. The lowest BCUT2D eigenvalue weighted by molar-refractivity contribution is -0.155. The molecule has 3 rings (SSSR count). The third-order valence-corrected chi connectivity index (χ3v) is 6.62. The number of rotatable bonds is 6. The summed E-state index contributed by atoms with van der Waals surface area (Å²) >= 11 is 1.25. The molecule has 9 heteroatoms. The molecule has 0 unspecified atom stereocenters. The summed E-state index contributed by atoms with van der Waals surface area (Å²) in [7, 11) is 3.83. The number of hydrogen-bond acceptors (Lipinski definition) is 7. The number of fused-ring (bicyclic) bond motifs is 2. The van der Waals surface area contributed by atoms with Gasteiger partial charge in [-0.3, -0.25) is 19.0 Å². The fraction of sp³-hybridized carbons (Fsp3) is 0.652. The SMILES string of the molecule is Cc1c(C(=O)N(CCN(C)C)CC(=O)OC(C)(C)C)sc2nc3n(c(=O)c12)CCCCC3. The highest BCUT2D eigenvalue weighted by molar-refractivity contribution is 7.20. The summed E-state index contributed by atoms with van der Waals surface area (Å²) < 4.78 is 7.21. The maximum atomic E-state index is 13.5. The molecule has 0 saturated carbocycles. The number of hydrogen-bond donors (Lipinski definition) is 0. The lowest BCUT2D eigenvalue weighted by Crippen LogP contribution is -2.42. The van der Waals surface area contributed by atoms with E-state index in [1.54, 1.807) is 32.3 Å². The Morgan fingerprint density at radius 2 is 1.88 bits per heavy atom. The molecule has 0 radical (unpaired) electrons. The number of thiophene rings is 1. The molecule has 0 aromatic carbocycles. The highest BCUT2D eigenvalue weighted by Gasteiger charge is 2.28. The maximum absolute atomic E-state index is 13.5. The van der Waals surface area contributed by atoms with Gasteiger partial charge in [0.05, 0.1) is 10.3 Å². The molecule has 32 heavy (non-hydrogen) atoms. The van der Waals surface area contributed by atoms with Gasteiger partial charge in [0.25, 0.3) is 11.5 Å². The minimum absolute atomic E-state index is 0.0633. The van der Waals surface area contributed by atoms with Crippen LogP contribution in [0.5, 0.6) is 0 Å². The Hall–Kier alpha value is -2.26. The second kappa shape index (κ2) is 9.70. The highest BCUT2D eigenvalue weighted by Crippen LogP contribution is 2.29. The van der Waals surface area contributed by atoms with Crippen molar-refractivity contribution in [3.05, 3.63) is 26.6 Å². The van der Waals surface area contributed by atoms with Crippen LogP contribution in [-0.4, -0.2) is 70.6 Å². The number of ether oxygens (including phenoxy) is 1. The zero-order valence-electron chi connectivity index (χ0n) is 20.0. The van der Waals surface area contributed by atoms with Crippen LogP contribution in [0.25, 0.3) is 10.2 Å². The summed E-state index contributed by atoms with van der Waals surface area (Å²) in [5, 5.41) is 0.522. The number of aryl methyl sites for hydroxylation is 2. The number of aromatic nitrogens is 2. The normalized spacial score (nSPS) is 14.3. The summed E-state index contributed by atoms with van der Waals surface area (Å²) in [4.78, 5) is 48.5. The molecule has 2 aromatic rings. The average molecular weight is 463 g/mol. The molecule has 0 aliphatic carbocycles. The second-order valence-electron chi connectivity index (χ2n) is 9.65. The lowest BCUT2D eigenvalue weighted by atomic mass is 10.2. The van der Waals surface area contributed by atoms with Gasteiger partial charge in [-0.05, 0) is 60.2 Å². The van der Waals surface area contributed by atoms with E-state index in [0.29, 0.717) is 40.3 Å². The monoisotopic (exact) mass is 462 g/mol. The van der Waals surface area contributed by atoms with Gasteiger partial charge in [0, 0.05) is 26.1 Å². The molecule has 0 atom stereocenters. The highest BCUT2D eigenvalue weighted by atomic mass is 32.1. The number of nitrogens with zero attached hydrogens (tertiary/aromatic N) is 4. The standard InChI is InChI=1S/C23H34N4O4S/c1-15-18-20(24-16-10-8-7-9-11-27(16)21(18)29)32-19(15)22(30)26(13-12-25(5)6)14-17(28)31-23(2,3)4/h7-14H2,1-6H3. The van der Waals surface area contributed by atoms with Crippen molar-refractivity contribution in [2.45, 2.75) is 65.5 Å². The van der Waals surface area contributed by atoms with Crippen molar-refractivity contribution in [1.82, 2.24) is 19.4 Å². The Bertz CT molecular complexity index is 1060. The third-order valence-electron chi connectivity index (χ3n) is 5.45. The van der Waals surface area contributed by atoms with Crippen molar-refractivity contribution in [3.63, 3.8) is 0 Å². The maximum Gasteiger partial charge on any atom is 0.326 e. The molecule has 0 saturated heterocycles. The Kier molecular flexibility index (Phi) is 7.39. The van der Waals surface area contributed by atoms with Crippen molar-refractivity contribution in [2.75, 3.05) is 33.7 Å². The predicted octanol–water partition coefficient (Wildman–Crippen LogP) is 2.84. The number of esters is 1. The molecule has 0 fully saturated rings. The molecule has 3 heterocycles. The number of carbonyl (C=O) groups is 2. The summed E-state index contributed by atoms with van der Waals surface area (Å²) in [6.45, 7) is 8.72. The molecule has 1 aliphatic rings. The van der Waals surface area contributed by atoms with Gasteiger partial charge in [0.2, 0.25) is 0 Å². The molecule has 0 bridgehead atoms. The summed E-state index contributed by atoms with van der Waals surface area (Å²) in [5.74, 6) is 0.0875. The van der Waals surface area contributed by atoms with Gasteiger partial charge in [-0.25, -0.2) is 4.98 Å². The van der Waals surface area contributed by atoms with Gasteiger partial charge in [-0.1, -0.05) is 6.42 Å².